The van der Waals surface area contributed by atoms with Gasteiger partial charge in [0.05, 0.1) is 10.0 Å². The van der Waals surface area contributed by atoms with Crippen molar-refractivity contribution in [3.8, 4) is 0 Å². The molecule has 0 aromatic heterocycles. The lowest BCUT2D eigenvalue weighted by atomic mass is 9.93. The van der Waals surface area contributed by atoms with Gasteiger partial charge in [-0.1, -0.05) is 29.3 Å². The second-order valence-corrected chi connectivity index (χ2v) is 7.87. The highest BCUT2D eigenvalue weighted by Gasteiger charge is 2.33. The van der Waals surface area contributed by atoms with Crippen molar-refractivity contribution in [2.24, 2.45) is 11.7 Å². The van der Waals surface area contributed by atoms with Crippen molar-refractivity contribution in [3.05, 3.63) is 28.2 Å². The molecule has 1 saturated heterocycles. The fraction of sp³-hybridized carbons (Fsp3) is 0.538. The highest BCUT2D eigenvalue weighted by atomic mass is 35.5. The van der Waals surface area contributed by atoms with Gasteiger partial charge in [-0.25, -0.2) is 8.42 Å². The highest BCUT2D eigenvalue weighted by Crippen LogP contribution is 2.32. The van der Waals surface area contributed by atoms with Crippen LogP contribution in [0.5, 0.6) is 0 Å². The van der Waals surface area contributed by atoms with Crippen molar-refractivity contribution in [1.29, 1.82) is 0 Å². The summed E-state index contributed by atoms with van der Waals surface area (Å²) in [7, 11) is -3.62. The average Bonchev–Trinajstić information content (AvgIpc) is 2.41. The number of hydrogen-bond acceptors (Lipinski definition) is 3. The maximum atomic E-state index is 12.7. The second-order valence-electron chi connectivity index (χ2n) is 5.18. The van der Waals surface area contributed by atoms with Crippen LogP contribution in [0, 0.1) is 5.92 Å². The lowest BCUT2D eigenvalue weighted by molar-refractivity contribution is 0.243. The summed E-state index contributed by atoms with van der Waals surface area (Å²) in [5, 5.41) is 0.325. The molecule has 0 amide bonds. The van der Waals surface area contributed by atoms with Gasteiger partial charge in [0, 0.05) is 19.1 Å². The van der Waals surface area contributed by atoms with Crippen LogP contribution in [-0.4, -0.2) is 31.9 Å². The Morgan fingerprint density at radius 1 is 1.38 bits per heavy atom. The Bertz CT molecular complexity index is 593. The van der Waals surface area contributed by atoms with Gasteiger partial charge < -0.3 is 5.73 Å². The van der Waals surface area contributed by atoms with Gasteiger partial charge in [-0.15, -0.1) is 12.4 Å². The van der Waals surface area contributed by atoms with Crippen LogP contribution in [0.1, 0.15) is 19.8 Å². The Kier molecular flexibility index (Phi) is 6.78. The van der Waals surface area contributed by atoms with Crippen LogP contribution in [-0.2, 0) is 10.0 Å². The van der Waals surface area contributed by atoms with Crippen LogP contribution in [0.2, 0.25) is 10.0 Å². The van der Waals surface area contributed by atoms with E-state index >= 15 is 0 Å². The molecule has 1 aliphatic rings. The van der Waals surface area contributed by atoms with Crippen molar-refractivity contribution < 1.29 is 8.42 Å². The SMILES string of the molecule is CC(N)C1CCCN(S(=O)(=O)c2cccc(Cl)c2Cl)C1.Cl. The predicted molar refractivity (Wildman–Crippen MR) is 88.8 cm³/mol. The number of sulfonamides is 1. The van der Waals surface area contributed by atoms with Crippen LogP contribution < -0.4 is 5.73 Å². The van der Waals surface area contributed by atoms with E-state index in [4.69, 9.17) is 28.9 Å². The summed E-state index contributed by atoms with van der Waals surface area (Å²) in [4.78, 5) is 0.0667. The van der Waals surface area contributed by atoms with Crippen molar-refractivity contribution in [3.63, 3.8) is 0 Å². The zero-order valence-corrected chi connectivity index (χ0v) is 14.8. The van der Waals surface area contributed by atoms with Crippen LogP contribution in [0.3, 0.4) is 0 Å². The summed E-state index contributed by atoms with van der Waals surface area (Å²) < 4.78 is 26.8. The van der Waals surface area contributed by atoms with Gasteiger partial charge in [-0.05, 0) is 37.8 Å². The monoisotopic (exact) mass is 372 g/mol. The first kappa shape index (κ1) is 19.0. The summed E-state index contributed by atoms with van der Waals surface area (Å²) in [5.41, 5.74) is 5.90. The third-order valence-corrected chi connectivity index (χ3v) is 6.54. The first-order valence-corrected chi connectivity index (χ1v) is 8.73. The van der Waals surface area contributed by atoms with E-state index < -0.39 is 10.0 Å². The topological polar surface area (TPSA) is 63.4 Å². The van der Waals surface area contributed by atoms with E-state index in [1.54, 1.807) is 12.1 Å². The van der Waals surface area contributed by atoms with Gasteiger partial charge in [0.15, 0.2) is 0 Å². The number of rotatable bonds is 3. The Morgan fingerprint density at radius 3 is 2.67 bits per heavy atom. The van der Waals surface area contributed by atoms with E-state index in [0.29, 0.717) is 13.1 Å². The van der Waals surface area contributed by atoms with Gasteiger partial charge in [0.25, 0.3) is 0 Å². The quantitative estimate of drug-likeness (QED) is 0.885. The zero-order chi connectivity index (χ0) is 14.9. The van der Waals surface area contributed by atoms with Gasteiger partial charge in [-0.3, -0.25) is 0 Å². The predicted octanol–water partition coefficient (Wildman–Crippen LogP) is 3.16. The molecule has 1 heterocycles. The highest BCUT2D eigenvalue weighted by molar-refractivity contribution is 7.89. The molecule has 8 heteroatoms. The molecule has 1 fully saturated rings. The molecule has 0 saturated carbocycles. The summed E-state index contributed by atoms with van der Waals surface area (Å²) in [6, 6.07) is 4.62. The molecule has 0 spiro atoms. The standard InChI is InChI=1S/C13H18Cl2N2O2S.ClH/c1-9(16)10-4-3-7-17(8-10)20(18,19)12-6-2-5-11(14)13(12)15;/h2,5-6,9-10H,3-4,7-8,16H2,1H3;1H. The van der Waals surface area contributed by atoms with E-state index in [2.05, 4.69) is 0 Å². The minimum Gasteiger partial charge on any atom is -0.328 e. The number of benzene rings is 1. The zero-order valence-electron chi connectivity index (χ0n) is 11.6. The number of nitrogens with zero attached hydrogens (tertiary/aromatic N) is 1. The molecule has 1 aromatic rings. The molecule has 0 radical (unpaired) electrons. The molecule has 21 heavy (non-hydrogen) atoms. The molecule has 4 nitrogen and oxygen atoms in total. The molecule has 0 bridgehead atoms. The molecule has 1 aliphatic heterocycles. The molecular formula is C13H19Cl3N2O2S. The fourth-order valence-corrected chi connectivity index (χ4v) is 4.72. The van der Waals surface area contributed by atoms with Crippen molar-refractivity contribution in [2.45, 2.75) is 30.7 Å². The summed E-state index contributed by atoms with van der Waals surface area (Å²) >= 11 is 11.9. The van der Waals surface area contributed by atoms with Crippen LogP contribution in [0.15, 0.2) is 23.1 Å². The molecule has 2 N–H and O–H groups in total. The minimum absolute atomic E-state index is 0. The maximum absolute atomic E-state index is 12.7. The number of hydrogen-bond donors (Lipinski definition) is 1. The minimum atomic E-state index is -3.62. The van der Waals surface area contributed by atoms with E-state index in [1.165, 1.54) is 10.4 Å². The lowest BCUT2D eigenvalue weighted by Gasteiger charge is -2.33. The number of piperidine rings is 1. The van der Waals surface area contributed by atoms with Crippen LogP contribution in [0.4, 0.5) is 0 Å². The molecule has 2 unspecified atom stereocenters. The summed E-state index contributed by atoms with van der Waals surface area (Å²) in [6.07, 6.45) is 1.76. The lowest BCUT2D eigenvalue weighted by Crippen LogP contribution is -2.45. The summed E-state index contributed by atoms with van der Waals surface area (Å²) in [6.45, 7) is 2.84. The normalized spacial score (nSPS) is 21.6. The van der Waals surface area contributed by atoms with E-state index in [0.717, 1.165) is 12.8 Å². The van der Waals surface area contributed by atoms with Crippen molar-refractivity contribution in [1.82, 2.24) is 4.31 Å². The van der Waals surface area contributed by atoms with E-state index in [9.17, 15) is 8.42 Å². The molecule has 0 aliphatic carbocycles. The molecule has 2 atom stereocenters. The Morgan fingerprint density at radius 2 is 2.05 bits per heavy atom. The third kappa shape index (κ3) is 4.03. The molecule has 1 aromatic carbocycles. The van der Waals surface area contributed by atoms with Gasteiger partial charge >= 0.3 is 0 Å². The van der Waals surface area contributed by atoms with E-state index in [-0.39, 0.29) is 39.3 Å². The summed E-state index contributed by atoms with van der Waals surface area (Å²) in [5.74, 6) is 0.177. The Labute approximate surface area is 142 Å². The first-order chi connectivity index (χ1) is 9.34. The number of nitrogens with two attached hydrogens (primary N) is 1. The second kappa shape index (κ2) is 7.49. The first-order valence-electron chi connectivity index (χ1n) is 6.53. The molecular weight excluding hydrogens is 355 g/mol. The fourth-order valence-electron chi connectivity index (χ4n) is 2.44. The molecule has 120 valence electrons. The third-order valence-electron chi connectivity index (χ3n) is 3.70. The molecule has 2 rings (SSSR count). The maximum Gasteiger partial charge on any atom is 0.244 e. The largest absolute Gasteiger partial charge is 0.328 e. The number of halogens is 3. The van der Waals surface area contributed by atoms with Crippen molar-refractivity contribution in [2.75, 3.05) is 13.1 Å². The smallest absolute Gasteiger partial charge is 0.244 e. The van der Waals surface area contributed by atoms with Gasteiger partial charge in [0.1, 0.15) is 4.90 Å². The van der Waals surface area contributed by atoms with Gasteiger partial charge in [-0.2, -0.15) is 4.31 Å². The van der Waals surface area contributed by atoms with Crippen molar-refractivity contribution >= 4 is 45.6 Å². The van der Waals surface area contributed by atoms with Gasteiger partial charge in [0.2, 0.25) is 10.0 Å². The van der Waals surface area contributed by atoms with E-state index in [1.807, 2.05) is 6.92 Å². The van der Waals surface area contributed by atoms with Crippen LogP contribution in [0.25, 0.3) is 0 Å². The average molecular weight is 374 g/mol. The Hall–Kier alpha value is -0.0400. The Balaban J connectivity index is 0.00000220. The van der Waals surface area contributed by atoms with Crippen LogP contribution >= 0.6 is 35.6 Å².